The molecule has 2 aliphatic rings. The molecule has 0 radical (unpaired) electrons. The van der Waals surface area contributed by atoms with Crippen LogP contribution in [0, 0.1) is 0 Å². The van der Waals surface area contributed by atoms with Crippen LogP contribution >= 0.6 is 11.8 Å². The zero-order valence-corrected chi connectivity index (χ0v) is 16.8. The van der Waals surface area contributed by atoms with Crippen molar-refractivity contribution < 1.29 is 4.79 Å². The number of hydrogen-bond donors (Lipinski definition) is 1. The van der Waals surface area contributed by atoms with Gasteiger partial charge in [-0.15, -0.1) is 0 Å². The highest BCUT2D eigenvalue weighted by atomic mass is 32.2. The predicted molar refractivity (Wildman–Crippen MR) is 116 cm³/mol. The molecule has 2 heterocycles. The Labute approximate surface area is 169 Å². The number of nitrogens with two attached hydrogens (primary N) is 1. The largest absolute Gasteiger partial charge is 0.399 e. The van der Waals surface area contributed by atoms with Crippen molar-refractivity contribution in [3.8, 4) is 0 Å². The molecule has 1 aliphatic carbocycles. The fourth-order valence-electron chi connectivity index (χ4n) is 3.74. The fourth-order valence-corrected chi connectivity index (χ4v) is 4.85. The number of benzene rings is 1. The summed E-state index contributed by atoms with van der Waals surface area (Å²) in [6, 6.07) is 13.5. The quantitative estimate of drug-likeness (QED) is 0.590. The van der Waals surface area contributed by atoms with Gasteiger partial charge in [0.1, 0.15) is 0 Å². The average Bonchev–Trinajstić information content (AvgIpc) is 3.05. The maximum atomic E-state index is 13.4. The van der Waals surface area contributed by atoms with Crippen LogP contribution in [0.1, 0.15) is 44.6 Å². The van der Waals surface area contributed by atoms with Gasteiger partial charge < -0.3 is 5.73 Å². The smallest absolute Gasteiger partial charge is 0.267 e. The second-order valence-corrected chi connectivity index (χ2v) is 8.21. The summed E-state index contributed by atoms with van der Waals surface area (Å²) < 4.78 is 0. The third-order valence-corrected chi connectivity index (χ3v) is 6.45. The van der Waals surface area contributed by atoms with Crippen molar-refractivity contribution in [3.63, 3.8) is 0 Å². The number of aliphatic imine (C=N–C) groups is 1. The van der Waals surface area contributed by atoms with Crippen LogP contribution in [-0.4, -0.2) is 27.0 Å². The summed E-state index contributed by atoms with van der Waals surface area (Å²) in [5.41, 5.74) is 8.50. The SMILES string of the molecule is C/C(=C1/S/C(=N/c2ccccn2)N(C2CCCCC2)C1=O)c1ccc(N)cc1. The van der Waals surface area contributed by atoms with Gasteiger partial charge in [-0.2, -0.15) is 0 Å². The van der Waals surface area contributed by atoms with Crippen LogP contribution in [0.15, 0.2) is 58.6 Å². The van der Waals surface area contributed by atoms with Gasteiger partial charge in [-0.1, -0.05) is 37.5 Å². The van der Waals surface area contributed by atoms with Crippen LogP contribution in [0.4, 0.5) is 11.5 Å². The molecule has 1 saturated heterocycles. The molecule has 1 aromatic carbocycles. The monoisotopic (exact) mass is 392 g/mol. The Kier molecular flexibility index (Phi) is 5.48. The maximum absolute atomic E-state index is 13.4. The molecule has 2 N–H and O–H groups in total. The van der Waals surface area contributed by atoms with E-state index < -0.39 is 0 Å². The van der Waals surface area contributed by atoms with Gasteiger partial charge >= 0.3 is 0 Å². The number of allylic oxidation sites excluding steroid dienone is 1. The molecule has 6 heteroatoms. The van der Waals surface area contributed by atoms with E-state index in [-0.39, 0.29) is 11.9 Å². The number of nitrogen functional groups attached to an aromatic ring is 1. The number of anilines is 1. The van der Waals surface area contributed by atoms with E-state index in [1.165, 1.54) is 18.2 Å². The molecule has 1 aromatic heterocycles. The minimum Gasteiger partial charge on any atom is -0.399 e. The molecule has 144 valence electrons. The van der Waals surface area contributed by atoms with E-state index in [0.717, 1.165) is 46.9 Å². The van der Waals surface area contributed by atoms with Crippen molar-refractivity contribution in [1.82, 2.24) is 9.88 Å². The van der Waals surface area contributed by atoms with Gasteiger partial charge in [0.15, 0.2) is 11.0 Å². The van der Waals surface area contributed by atoms with Gasteiger partial charge in [0.05, 0.1) is 4.91 Å². The number of rotatable bonds is 3. The Morgan fingerprint density at radius 2 is 1.89 bits per heavy atom. The van der Waals surface area contributed by atoms with E-state index in [2.05, 4.69) is 4.98 Å². The van der Waals surface area contributed by atoms with E-state index in [4.69, 9.17) is 10.7 Å². The molecule has 28 heavy (non-hydrogen) atoms. The Hall–Kier alpha value is -2.60. The summed E-state index contributed by atoms with van der Waals surface area (Å²) in [4.78, 5) is 25.1. The van der Waals surface area contributed by atoms with Crippen LogP contribution in [0.5, 0.6) is 0 Å². The van der Waals surface area contributed by atoms with Crippen molar-refractivity contribution >= 4 is 39.9 Å². The molecule has 4 rings (SSSR count). The van der Waals surface area contributed by atoms with Crippen molar-refractivity contribution in [2.45, 2.75) is 45.1 Å². The van der Waals surface area contributed by atoms with Crippen LogP contribution in [0.3, 0.4) is 0 Å². The van der Waals surface area contributed by atoms with Crippen LogP contribution in [0.25, 0.3) is 5.57 Å². The summed E-state index contributed by atoms with van der Waals surface area (Å²) in [6.45, 7) is 1.99. The van der Waals surface area contributed by atoms with Gasteiger partial charge in [-0.05, 0) is 66.9 Å². The average molecular weight is 393 g/mol. The second kappa shape index (κ2) is 8.19. The van der Waals surface area contributed by atoms with Crippen LogP contribution in [-0.2, 0) is 4.79 Å². The Morgan fingerprint density at radius 1 is 1.14 bits per heavy atom. The third-order valence-electron chi connectivity index (χ3n) is 5.30. The van der Waals surface area contributed by atoms with Crippen molar-refractivity contribution in [2.75, 3.05) is 5.73 Å². The summed E-state index contributed by atoms with van der Waals surface area (Å²) in [5.74, 6) is 0.686. The highest BCUT2D eigenvalue weighted by Crippen LogP contribution is 2.40. The summed E-state index contributed by atoms with van der Waals surface area (Å²) in [6.07, 6.45) is 7.34. The molecule has 2 fully saturated rings. The first-order valence-electron chi connectivity index (χ1n) is 9.71. The van der Waals surface area contributed by atoms with Crippen molar-refractivity contribution in [3.05, 3.63) is 59.1 Å². The normalized spacial score (nSPS) is 21.4. The number of aromatic nitrogens is 1. The Bertz CT molecular complexity index is 915. The topological polar surface area (TPSA) is 71.6 Å². The highest BCUT2D eigenvalue weighted by molar-refractivity contribution is 8.18. The number of nitrogens with zero attached hydrogens (tertiary/aromatic N) is 3. The molecule has 0 spiro atoms. The molecule has 0 unspecified atom stereocenters. The number of amides is 1. The molecule has 1 aliphatic heterocycles. The number of carbonyl (C=O) groups is 1. The summed E-state index contributed by atoms with van der Waals surface area (Å²) in [7, 11) is 0. The van der Waals surface area contributed by atoms with E-state index in [9.17, 15) is 4.79 Å². The molecule has 5 nitrogen and oxygen atoms in total. The number of pyridine rings is 1. The molecule has 0 bridgehead atoms. The van der Waals surface area contributed by atoms with Gasteiger partial charge in [-0.3, -0.25) is 9.69 Å². The number of hydrogen-bond acceptors (Lipinski definition) is 5. The number of carbonyl (C=O) groups excluding carboxylic acids is 1. The fraction of sp³-hybridized carbons (Fsp3) is 0.318. The van der Waals surface area contributed by atoms with Gasteiger partial charge in [0, 0.05) is 17.9 Å². The lowest BCUT2D eigenvalue weighted by atomic mass is 9.94. The Balaban J connectivity index is 1.74. The van der Waals surface area contributed by atoms with Crippen LogP contribution in [0.2, 0.25) is 0 Å². The zero-order chi connectivity index (χ0) is 19.5. The lowest BCUT2D eigenvalue weighted by Crippen LogP contribution is -2.40. The standard InChI is InChI=1S/C22H24N4OS/c1-15(16-10-12-17(23)13-11-16)20-21(27)26(18-7-3-2-4-8-18)22(28-20)25-19-9-5-6-14-24-19/h5-6,9-14,18H,2-4,7-8,23H2,1H3/b20-15-,25-22+. The summed E-state index contributed by atoms with van der Waals surface area (Å²) >= 11 is 1.46. The van der Waals surface area contributed by atoms with E-state index in [1.54, 1.807) is 6.20 Å². The first kappa shape index (κ1) is 18.7. The predicted octanol–water partition coefficient (Wildman–Crippen LogP) is 4.99. The molecule has 0 atom stereocenters. The minimum absolute atomic E-state index is 0.0564. The molecule has 1 amide bonds. The van der Waals surface area contributed by atoms with Crippen LogP contribution < -0.4 is 5.73 Å². The van der Waals surface area contributed by atoms with E-state index in [0.29, 0.717) is 11.5 Å². The number of thioether (sulfide) groups is 1. The molecule has 1 saturated carbocycles. The third kappa shape index (κ3) is 3.83. The molecule has 2 aromatic rings. The van der Waals surface area contributed by atoms with Crippen molar-refractivity contribution in [2.24, 2.45) is 4.99 Å². The van der Waals surface area contributed by atoms with Gasteiger partial charge in [0.2, 0.25) is 0 Å². The maximum Gasteiger partial charge on any atom is 0.267 e. The van der Waals surface area contributed by atoms with E-state index >= 15 is 0 Å². The second-order valence-electron chi connectivity index (χ2n) is 7.23. The van der Waals surface area contributed by atoms with Gasteiger partial charge in [-0.25, -0.2) is 9.98 Å². The Morgan fingerprint density at radius 3 is 2.57 bits per heavy atom. The van der Waals surface area contributed by atoms with E-state index in [1.807, 2.05) is 54.3 Å². The minimum atomic E-state index is 0.0564. The highest BCUT2D eigenvalue weighted by Gasteiger charge is 2.39. The first-order valence-corrected chi connectivity index (χ1v) is 10.5. The lowest BCUT2D eigenvalue weighted by molar-refractivity contribution is -0.124. The lowest BCUT2D eigenvalue weighted by Gasteiger charge is -2.30. The van der Waals surface area contributed by atoms with Gasteiger partial charge in [0.25, 0.3) is 5.91 Å². The van der Waals surface area contributed by atoms with Crippen molar-refractivity contribution in [1.29, 1.82) is 0 Å². The molecular weight excluding hydrogens is 368 g/mol. The number of amidine groups is 1. The first-order chi connectivity index (χ1) is 13.6. The molecular formula is C22H24N4OS. The zero-order valence-electron chi connectivity index (χ0n) is 16.0. The summed E-state index contributed by atoms with van der Waals surface area (Å²) in [5, 5.41) is 0.736.